The Morgan fingerprint density at radius 3 is 2.44 bits per heavy atom. The second-order valence-electron chi connectivity index (χ2n) is 6.22. The van der Waals surface area contributed by atoms with Crippen LogP contribution in [0.15, 0.2) is 30.3 Å². The summed E-state index contributed by atoms with van der Waals surface area (Å²) in [6, 6.07) is 9.09. The summed E-state index contributed by atoms with van der Waals surface area (Å²) >= 11 is 0. The van der Waals surface area contributed by atoms with Crippen LogP contribution in [0.1, 0.15) is 48.4 Å². The molecule has 5 nitrogen and oxygen atoms in total. The summed E-state index contributed by atoms with van der Waals surface area (Å²) in [5.74, 6) is 0.0676. The van der Waals surface area contributed by atoms with Gasteiger partial charge in [-0.2, -0.15) is 0 Å². The maximum absolute atomic E-state index is 12.4. The summed E-state index contributed by atoms with van der Waals surface area (Å²) in [5, 5.41) is 1.75. The Bertz CT molecular complexity index is 969. The van der Waals surface area contributed by atoms with E-state index < -0.39 is 5.97 Å². The number of Topliss-reactive ketones (excluding diaryl/α,β-unsaturated/α-hetero) is 1. The molecule has 0 bridgehead atoms. The summed E-state index contributed by atoms with van der Waals surface area (Å²) in [5.41, 5.74) is 2.77. The molecule has 0 aliphatic carbocycles. The second-order valence-corrected chi connectivity index (χ2v) is 6.22. The number of ketones is 1. The highest BCUT2D eigenvalue weighted by Gasteiger charge is 2.18. The fourth-order valence-electron chi connectivity index (χ4n) is 2.87. The fourth-order valence-corrected chi connectivity index (χ4v) is 2.87. The Hall–Kier alpha value is -2.82. The highest BCUT2D eigenvalue weighted by molar-refractivity contribution is 6.12. The minimum atomic E-state index is -0.419. The summed E-state index contributed by atoms with van der Waals surface area (Å²) in [4.78, 5) is 27.3. The minimum Gasteiger partial charge on any atom is -0.490 e. The summed E-state index contributed by atoms with van der Waals surface area (Å²) < 4.78 is 11.0. The molecular weight excluding hydrogens is 318 g/mol. The van der Waals surface area contributed by atoms with Crippen molar-refractivity contribution in [1.29, 1.82) is 0 Å². The van der Waals surface area contributed by atoms with Crippen molar-refractivity contribution >= 4 is 33.6 Å². The van der Waals surface area contributed by atoms with Gasteiger partial charge in [0.2, 0.25) is 0 Å². The lowest BCUT2D eigenvalue weighted by molar-refractivity contribution is 0.0520. The van der Waals surface area contributed by atoms with E-state index in [0.717, 1.165) is 21.8 Å². The highest BCUT2D eigenvalue weighted by atomic mass is 16.5. The standard InChI is InChI=1S/C20H21NO4/c1-5-24-20(23)16-9-15-14-8-13(12(4)22)6-7-17(14)21-18(15)10-19(16)25-11(2)3/h6-11,21H,5H2,1-4H3. The van der Waals surface area contributed by atoms with Crippen molar-refractivity contribution in [3.05, 3.63) is 41.5 Å². The van der Waals surface area contributed by atoms with Crippen LogP contribution in [-0.2, 0) is 4.74 Å². The van der Waals surface area contributed by atoms with E-state index in [4.69, 9.17) is 9.47 Å². The molecule has 0 saturated heterocycles. The van der Waals surface area contributed by atoms with Gasteiger partial charge in [-0.15, -0.1) is 0 Å². The van der Waals surface area contributed by atoms with E-state index in [9.17, 15) is 9.59 Å². The largest absolute Gasteiger partial charge is 0.490 e. The van der Waals surface area contributed by atoms with Gasteiger partial charge in [-0.1, -0.05) is 0 Å². The average molecular weight is 339 g/mol. The summed E-state index contributed by atoms with van der Waals surface area (Å²) in [6.45, 7) is 7.41. The van der Waals surface area contributed by atoms with Crippen LogP contribution in [0.25, 0.3) is 21.8 Å². The number of fused-ring (bicyclic) bond motifs is 3. The Balaban J connectivity index is 2.26. The van der Waals surface area contributed by atoms with Gasteiger partial charge >= 0.3 is 5.97 Å². The lowest BCUT2D eigenvalue weighted by atomic mass is 10.0. The second kappa shape index (κ2) is 6.59. The Morgan fingerprint density at radius 2 is 1.80 bits per heavy atom. The van der Waals surface area contributed by atoms with Gasteiger partial charge in [0, 0.05) is 27.9 Å². The number of nitrogens with one attached hydrogen (secondary N) is 1. The number of carbonyl (C=O) groups is 2. The molecule has 1 N–H and O–H groups in total. The van der Waals surface area contributed by atoms with Crippen LogP contribution in [0.2, 0.25) is 0 Å². The molecule has 1 aromatic heterocycles. The average Bonchev–Trinajstić information content (AvgIpc) is 2.90. The van der Waals surface area contributed by atoms with Crippen molar-refractivity contribution in [1.82, 2.24) is 4.98 Å². The number of aromatic amines is 1. The Kier molecular flexibility index (Phi) is 4.49. The highest BCUT2D eigenvalue weighted by Crippen LogP contribution is 2.33. The first-order valence-corrected chi connectivity index (χ1v) is 8.35. The molecule has 0 atom stereocenters. The van der Waals surface area contributed by atoms with E-state index in [1.807, 2.05) is 32.0 Å². The molecule has 3 aromatic rings. The molecule has 0 unspecified atom stereocenters. The van der Waals surface area contributed by atoms with Gasteiger partial charge in [-0.05, 0) is 52.0 Å². The third-order valence-electron chi connectivity index (χ3n) is 3.96. The van der Waals surface area contributed by atoms with Crippen LogP contribution < -0.4 is 4.74 Å². The number of aromatic nitrogens is 1. The first-order chi connectivity index (χ1) is 11.9. The molecule has 0 saturated carbocycles. The lowest BCUT2D eigenvalue weighted by Gasteiger charge is -2.14. The molecular formula is C20H21NO4. The molecule has 0 aliphatic rings. The van der Waals surface area contributed by atoms with Gasteiger partial charge in [0.1, 0.15) is 11.3 Å². The van der Waals surface area contributed by atoms with Gasteiger partial charge in [0.25, 0.3) is 0 Å². The zero-order chi connectivity index (χ0) is 18.1. The lowest BCUT2D eigenvalue weighted by Crippen LogP contribution is -2.12. The van der Waals surface area contributed by atoms with Crippen LogP contribution in [0.3, 0.4) is 0 Å². The van der Waals surface area contributed by atoms with Crippen LogP contribution in [0.4, 0.5) is 0 Å². The number of H-pyrrole nitrogens is 1. The van der Waals surface area contributed by atoms with Crippen LogP contribution in [0.5, 0.6) is 5.75 Å². The SMILES string of the molecule is CCOC(=O)c1cc2c(cc1OC(C)C)[nH]c1ccc(C(C)=O)cc12. The number of benzene rings is 2. The summed E-state index contributed by atoms with van der Waals surface area (Å²) in [6.07, 6.45) is -0.0701. The smallest absolute Gasteiger partial charge is 0.341 e. The molecule has 0 aliphatic heterocycles. The van der Waals surface area contributed by atoms with E-state index in [1.54, 1.807) is 19.1 Å². The van der Waals surface area contributed by atoms with Gasteiger partial charge < -0.3 is 14.5 Å². The fraction of sp³-hybridized carbons (Fsp3) is 0.300. The molecule has 0 spiro atoms. The van der Waals surface area contributed by atoms with Gasteiger partial charge in [-0.25, -0.2) is 4.79 Å². The third-order valence-corrected chi connectivity index (χ3v) is 3.96. The first-order valence-electron chi connectivity index (χ1n) is 8.35. The molecule has 25 heavy (non-hydrogen) atoms. The molecule has 2 aromatic carbocycles. The zero-order valence-corrected chi connectivity index (χ0v) is 14.8. The molecule has 130 valence electrons. The first kappa shape index (κ1) is 17.0. The maximum Gasteiger partial charge on any atom is 0.341 e. The number of rotatable bonds is 5. The van der Waals surface area contributed by atoms with Gasteiger partial charge in [0.05, 0.1) is 18.2 Å². The van der Waals surface area contributed by atoms with Crippen molar-refractivity contribution in [3.8, 4) is 5.75 Å². The predicted molar refractivity (Wildman–Crippen MR) is 97.5 cm³/mol. The van der Waals surface area contributed by atoms with E-state index in [2.05, 4.69) is 4.98 Å². The quantitative estimate of drug-likeness (QED) is 0.549. The van der Waals surface area contributed by atoms with Crippen LogP contribution >= 0.6 is 0 Å². The maximum atomic E-state index is 12.4. The molecule has 0 amide bonds. The number of carbonyl (C=O) groups excluding carboxylic acids is 2. The number of hydrogen-bond donors (Lipinski definition) is 1. The van der Waals surface area contributed by atoms with Crippen molar-refractivity contribution in [2.75, 3.05) is 6.61 Å². The molecule has 0 radical (unpaired) electrons. The minimum absolute atomic E-state index is 0.00151. The van der Waals surface area contributed by atoms with E-state index in [0.29, 0.717) is 23.5 Å². The topological polar surface area (TPSA) is 68.4 Å². The molecule has 3 rings (SSSR count). The van der Waals surface area contributed by atoms with E-state index >= 15 is 0 Å². The van der Waals surface area contributed by atoms with Crippen LogP contribution in [-0.4, -0.2) is 29.4 Å². The molecule has 5 heteroatoms. The Morgan fingerprint density at radius 1 is 1.08 bits per heavy atom. The number of esters is 1. The van der Waals surface area contributed by atoms with Crippen molar-refractivity contribution < 1.29 is 19.1 Å². The number of hydrogen-bond acceptors (Lipinski definition) is 4. The summed E-state index contributed by atoms with van der Waals surface area (Å²) in [7, 11) is 0. The van der Waals surface area contributed by atoms with Gasteiger partial charge in [-0.3, -0.25) is 4.79 Å². The van der Waals surface area contributed by atoms with Gasteiger partial charge in [0.15, 0.2) is 5.78 Å². The predicted octanol–water partition coefficient (Wildman–Crippen LogP) is 4.49. The third kappa shape index (κ3) is 3.22. The van der Waals surface area contributed by atoms with Crippen molar-refractivity contribution in [2.24, 2.45) is 0 Å². The Labute approximate surface area is 145 Å². The monoisotopic (exact) mass is 339 g/mol. The van der Waals surface area contributed by atoms with E-state index in [1.165, 1.54) is 6.92 Å². The molecule has 1 heterocycles. The van der Waals surface area contributed by atoms with Crippen molar-refractivity contribution in [3.63, 3.8) is 0 Å². The number of ether oxygens (including phenoxy) is 2. The van der Waals surface area contributed by atoms with Crippen LogP contribution in [0, 0.1) is 0 Å². The molecule has 0 fully saturated rings. The van der Waals surface area contributed by atoms with Crippen molar-refractivity contribution in [2.45, 2.75) is 33.8 Å². The van der Waals surface area contributed by atoms with E-state index in [-0.39, 0.29) is 11.9 Å². The normalized spacial score (nSPS) is 11.2. The zero-order valence-electron chi connectivity index (χ0n) is 14.8.